The van der Waals surface area contributed by atoms with Gasteiger partial charge in [-0.3, -0.25) is 9.48 Å². The highest BCUT2D eigenvalue weighted by atomic mass is 32.1. The summed E-state index contributed by atoms with van der Waals surface area (Å²) >= 11 is 1.59. The molecule has 2 aromatic rings. The SMILES string of the molecule is Cc1nn(C2CCOCC2)c2sc(C(=O)NC3CCN(C4CCNCC4)CC3)cc12. The Balaban J connectivity index is 1.22. The van der Waals surface area contributed by atoms with E-state index in [0.29, 0.717) is 6.04 Å². The average molecular weight is 432 g/mol. The number of thiophene rings is 1. The van der Waals surface area contributed by atoms with Crippen LogP contribution in [0.25, 0.3) is 10.2 Å². The van der Waals surface area contributed by atoms with Gasteiger partial charge in [0.2, 0.25) is 0 Å². The lowest BCUT2D eigenvalue weighted by molar-refractivity contribution is 0.0675. The normalized spacial score (nSPS) is 23.2. The number of rotatable bonds is 4. The minimum Gasteiger partial charge on any atom is -0.381 e. The molecule has 2 aromatic heterocycles. The molecule has 2 N–H and O–H groups in total. The number of hydrogen-bond donors (Lipinski definition) is 2. The zero-order chi connectivity index (χ0) is 20.5. The molecule has 30 heavy (non-hydrogen) atoms. The van der Waals surface area contributed by atoms with Crippen molar-refractivity contribution in [2.75, 3.05) is 39.4 Å². The number of aryl methyl sites for hydroxylation is 1. The molecule has 0 unspecified atom stereocenters. The molecule has 0 radical (unpaired) electrons. The Morgan fingerprint density at radius 3 is 2.60 bits per heavy atom. The molecule has 8 heteroatoms. The molecule has 3 saturated heterocycles. The van der Waals surface area contributed by atoms with Crippen LogP contribution in [0.3, 0.4) is 0 Å². The highest BCUT2D eigenvalue weighted by Gasteiger charge is 2.28. The summed E-state index contributed by atoms with van der Waals surface area (Å²) in [5.41, 5.74) is 1.02. The number of carbonyl (C=O) groups excluding carboxylic acids is 1. The van der Waals surface area contributed by atoms with Crippen molar-refractivity contribution in [2.45, 2.75) is 63.6 Å². The van der Waals surface area contributed by atoms with Crippen molar-refractivity contribution in [3.05, 3.63) is 16.6 Å². The molecule has 164 valence electrons. The van der Waals surface area contributed by atoms with E-state index in [1.54, 1.807) is 11.3 Å². The predicted octanol–water partition coefficient (Wildman–Crippen LogP) is 2.70. The molecule has 3 fully saturated rings. The monoisotopic (exact) mass is 431 g/mol. The third-order valence-electron chi connectivity index (χ3n) is 7.02. The minimum atomic E-state index is 0.0782. The Morgan fingerprint density at radius 1 is 1.13 bits per heavy atom. The molecule has 0 atom stereocenters. The van der Waals surface area contributed by atoms with Crippen molar-refractivity contribution in [1.29, 1.82) is 0 Å². The van der Waals surface area contributed by atoms with Gasteiger partial charge in [0.1, 0.15) is 4.83 Å². The van der Waals surface area contributed by atoms with E-state index >= 15 is 0 Å². The maximum absolute atomic E-state index is 13.0. The van der Waals surface area contributed by atoms with Crippen LogP contribution in [0.1, 0.15) is 59.9 Å². The fourth-order valence-corrected chi connectivity index (χ4v) is 6.33. The van der Waals surface area contributed by atoms with Crippen LogP contribution in [0, 0.1) is 6.92 Å². The molecule has 0 saturated carbocycles. The van der Waals surface area contributed by atoms with Crippen molar-refractivity contribution in [3.63, 3.8) is 0 Å². The van der Waals surface area contributed by atoms with Crippen LogP contribution < -0.4 is 10.6 Å². The molecule has 1 amide bonds. The number of piperidine rings is 2. The first kappa shape index (κ1) is 20.4. The number of nitrogens with one attached hydrogen (secondary N) is 2. The van der Waals surface area contributed by atoms with E-state index in [0.717, 1.165) is 91.9 Å². The summed E-state index contributed by atoms with van der Waals surface area (Å²) in [5.74, 6) is 0.0782. The van der Waals surface area contributed by atoms with Gasteiger partial charge in [0, 0.05) is 43.8 Å². The highest BCUT2D eigenvalue weighted by molar-refractivity contribution is 7.20. The van der Waals surface area contributed by atoms with Crippen LogP contribution in [0.2, 0.25) is 0 Å². The van der Waals surface area contributed by atoms with Gasteiger partial charge in [0.25, 0.3) is 5.91 Å². The second kappa shape index (κ2) is 8.94. The van der Waals surface area contributed by atoms with Crippen LogP contribution in [0.4, 0.5) is 0 Å². The van der Waals surface area contributed by atoms with Crippen molar-refractivity contribution < 1.29 is 9.53 Å². The van der Waals surface area contributed by atoms with Gasteiger partial charge in [-0.15, -0.1) is 11.3 Å². The van der Waals surface area contributed by atoms with Crippen LogP contribution in [0.5, 0.6) is 0 Å². The van der Waals surface area contributed by atoms with E-state index in [9.17, 15) is 4.79 Å². The average Bonchev–Trinajstić information content (AvgIpc) is 3.36. The third-order valence-corrected chi connectivity index (χ3v) is 8.14. The maximum atomic E-state index is 13.0. The van der Waals surface area contributed by atoms with E-state index < -0.39 is 0 Å². The Morgan fingerprint density at radius 2 is 1.87 bits per heavy atom. The fourth-order valence-electron chi connectivity index (χ4n) is 5.20. The van der Waals surface area contributed by atoms with Gasteiger partial charge in [-0.1, -0.05) is 0 Å². The number of aromatic nitrogens is 2. The summed E-state index contributed by atoms with van der Waals surface area (Å²) in [4.78, 5) is 17.6. The molecule has 5 heterocycles. The second-order valence-electron chi connectivity index (χ2n) is 8.97. The first-order chi connectivity index (χ1) is 14.7. The van der Waals surface area contributed by atoms with E-state index in [1.807, 2.05) is 13.0 Å². The van der Waals surface area contributed by atoms with Crippen molar-refractivity contribution in [1.82, 2.24) is 25.3 Å². The largest absolute Gasteiger partial charge is 0.381 e. The van der Waals surface area contributed by atoms with Crippen LogP contribution in [-0.2, 0) is 4.74 Å². The molecule has 3 aliphatic heterocycles. The summed E-state index contributed by atoms with van der Waals surface area (Å²) < 4.78 is 7.65. The fraction of sp³-hybridized carbons (Fsp3) is 0.727. The molecule has 3 aliphatic rings. The van der Waals surface area contributed by atoms with E-state index in [4.69, 9.17) is 9.84 Å². The van der Waals surface area contributed by atoms with Crippen LogP contribution in [0.15, 0.2) is 6.07 Å². The summed E-state index contributed by atoms with van der Waals surface area (Å²) in [6.07, 6.45) is 6.59. The predicted molar refractivity (Wildman–Crippen MR) is 119 cm³/mol. The maximum Gasteiger partial charge on any atom is 0.261 e. The van der Waals surface area contributed by atoms with Gasteiger partial charge in [0.15, 0.2) is 0 Å². The summed E-state index contributed by atoms with van der Waals surface area (Å²) in [7, 11) is 0. The molecule has 7 nitrogen and oxygen atoms in total. The molecule has 0 bridgehead atoms. The Labute approximate surface area is 182 Å². The number of nitrogens with zero attached hydrogens (tertiary/aromatic N) is 3. The van der Waals surface area contributed by atoms with Gasteiger partial charge in [-0.05, 0) is 64.6 Å². The third kappa shape index (κ3) is 4.15. The second-order valence-corrected chi connectivity index (χ2v) is 10.00. The van der Waals surface area contributed by atoms with Crippen molar-refractivity contribution in [2.24, 2.45) is 0 Å². The first-order valence-electron chi connectivity index (χ1n) is 11.5. The summed E-state index contributed by atoms with van der Waals surface area (Å²) in [6, 6.07) is 3.43. The first-order valence-corrected chi connectivity index (χ1v) is 12.3. The van der Waals surface area contributed by atoms with Gasteiger partial charge >= 0.3 is 0 Å². The topological polar surface area (TPSA) is 71.4 Å². The molecule has 0 aromatic carbocycles. The van der Waals surface area contributed by atoms with Gasteiger partial charge < -0.3 is 20.3 Å². The zero-order valence-corrected chi connectivity index (χ0v) is 18.7. The number of likely N-dealkylation sites (tertiary alicyclic amines) is 1. The van der Waals surface area contributed by atoms with Gasteiger partial charge in [-0.25, -0.2) is 0 Å². The van der Waals surface area contributed by atoms with Gasteiger partial charge in [0.05, 0.1) is 16.6 Å². The molecule has 0 spiro atoms. The van der Waals surface area contributed by atoms with Crippen LogP contribution >= 0.6 is 11.3 Å². The summed E-state index contributed by atoms with van der Waals surface area (Å²) in [5, 5.41) is 12.7. The lowest BCUT2D eigenvalue weighted by Gasteiger charge is -2.39. The number of amides is 1. The molecule has 0 aliphatic carbocycles. The van der Waals surface area contributed by atoms with E-state index in [1.165, 1.54) is 12.8 Å². The van der Waals surface area contributed by atoms with Gasteiger partial charge in [-0.2, -0.15) is 5.10 Å². The quantitative estimate of drug-likeness (QED) is 0.779. The lowest BCUT2D eigenvalue weighted by Crippen LogP contribution is -2.50. The standard InChI is InChI=1S/C22H33N5O2S/c1-15-19-14-20(30-22(19)27(25-15)18-6-12-29-13-7-18)21(28)24-16-4-10-26(11-5-16)17-2-8-23-9-3-17/h14,16-18,23H,2-13H2,1H3,(H,24,28). The Bertz CT molecular complexity index is 874. The lowest BCUT2D eigenvalue weighted by atomic mass is 9.98. The Kier molecular flexibility index (Phi) is 6.09. The Hall–Kier alpha value is -1.48. The smallest absolute Gasteiger partial charge is 0.261 e. The zero-order valence-electron chi connectivity index (χ0n) is 17.9. The molecular weight excluding hydrogens is 398 g/mol. The van der Waals surface area contributed by atoms with E-state index in [-0.39, 0.29) is 11.9 Å². The molecular formula is C22H33N5O2S. The minimum absolute atomic E-state index is 0.0782. The summed E-state index contributed by atoms with van der Waals surface area (Å²) in [6.45, 7) is 8.10. The van der Waals surface area contributed by atoms with E-state index in [2.05, 4.69) is 20.2 Å². The number of carbonyl (C=O) groups is 1. The number of fused-ring (bicyclic) bond motifs is 1. The number of ether oxygens (including phenoxy) is 1. The van der Waals surface area contributed by atoms with Crippen molar-refractivity contribution in [3.8, 4) is 0 Å². The van der Waals surface area contributed by atoms with Crippen LogP contribution in [-0.4, -0.2) is 72.1 Å². The van der Waals surface area contributed by atoms with Crippen molar-refractivity contribution >= 4 is 27.5 Å². The molecule has 5 rings (SSSR count). The number of hydrogen-bond acceptors (Lipinski definition) is 6. The highest BCUT2D eigenvalue weighted by Crippen LogP contribution is 2.33.